The van der Waals surface area contributed by atoms with Gasteiger partial charge in [-0.3, -0.25) is 0 Å². The summed E-state index contributed by atoms with van der Waals surface area (Å²) in [6, 6.07) is 5.24. The van der Waals surface area contributed by atoms with Crippen molar-refractivity contribution in [1.29, 1.82) is 0 Å². The zero-order chi connectivity index (χ0) is 14.8. The molecule has 0 aliphatic carbocycles. The van der Waals surface area contributed by atoms with Gasteiger partial charge in [-0.1, -0.05) is 17.3 Å². The van der Waals surface area contributed by atoms with Crippen LogP contribution in [0.5, 0.6) is 0 Å². The molecule has 0 saturated carbocycles. The van der Waals surface area contributed by atoms with Gasteiger partial charge in [-0.25, -0.2) is 4.68 Å². The molecule has 0 bridgehead atoms. The van der Waals surface area contributed by atoms with Gasteiger partial charge >= 0.3 is 6.18 Å². The van der Waals surface area contributed by atoms with E-state index in [-0.39, 0.29) is 6.54 Å². The Balaban J connectivity index is 2.22. The molecule has 8 heteroatoms. The van der Waals surface area contributed by atoms with E-state index in [1.54, 1.807) is 17.8 Å². The van der Waals surface area contributed by atoms with Gasteiger partial charge in [0.1, 0.15) is 9.39 Å². The quantitative estimate of drug-likeness (QED) is 0.809. The fourth-order valence-electron chi connectivity index (χ4n) is 1.73. The Kier molecular flexibility index (Phi) is 4.63. The first kappa shape index (κ1) is 15.2. The molecule has 108 valence electrons. The number of rotatable bonds is 4. The maximum Gasteiger partial charge on any atom is 0.416 e. The third kappa shape index (κ3) is 3.48. The molecular weight excluding hydrogens is 384 g/mol. The molecule has 0 aliphatic heterocycles. The van der Waals surface area contributed by atoms with Crippen LogP contribution in [0.1, 0.15) is 16.8 Å². The largest absolute Gasteiger partial charge is 0.416 e. The van der Waals surface area contributed by atoms with Crippen LogP contribution in [-0.2, 0) is 19.3 Å². The Morgan fingerprint density at radius 3 is 2.75 bits per heavy atom. The van der Waals surface area contributed by atoms with Crippen LogP contribution in [0, 0.1) is 3.70 Å². The molecule has 4 nitrogen and oxygen atoms in total. The highest BCUT2D eigenvalue weighted by molar-refractivity contribution is 14.1. The first-order valence-electron chi connectivity index (χ1n) is 5.80. The van der Waals surface area contributed by atoms with Gasteiger partial charge in [0.2, 0.25) is 0 Å². The minimum absolute atomic E-state index is 0.263. The lowest BCUT2D eigenvalue weighted by atomic mass is 10.1. The lowest BCUT2D eigenvalue weighted by Crippen LogP contribution is -2.09. The van der Waals surface area contributed by atoms with Crippen LogP contribution in [0.2, 0.25) is 0 Å². The number of nitrogens with zero attached hydrogens (tertiary/aromatic N) is 3. The zero-order valence-corrected chi connectivity index (χ0v) is 12.7. The fraction of sp³-hybridized carbons (Fsp3) is 0.333. The molecule has 1 heterocycles. The topological polar surface area (TPSA) is 42.7 Å². The van der Waals surface area contributed by atoms with E-state index in [1.165, 1.54) is 6.07 Å². The summed E-state index contributed by atoms with van der Waals surface area (Å²) in [5.74, 6) is 0. The average Bonchev–Trinajstić information content (AvgIpc) is 2.72. The molecule has 0 unspecified atom stereocenters. The molecule has 0 fully saturated rings. The van der Waals surface area contributed by atoms with Crippen molar-refractivity contribution in [3.63, 3.8) is 0 Å². The van der Waals surface area contributed by atoms with Gasteiger partial charge in [-0.05, 0) is 47.3 Å². The van der Waals surface area contributed by atoms with E-state index in [2.05, 4.69) is 38.2 Å². The van der Waals surface area contributed by atoms with Crippen molar-refractivity contribution in [1.82, 2.24) is 20.3 Å². The molecule has 2 aromatic rings. The summed E-state index contributed by atoms with van der Waals surface area (Å²) in [6.45, 7) is 0.833. The highest BCUT2D eigenvalue weighted by Gasteiger charge is 2.30. The molecule has 0 saturated heterocycles. The molecule has 0 atom stereocenters. The Bertz CT molecular complexity index is 595. The van der Waals surface area contributed by atoms with Gasteiger partial charge in [0.15, 0.2) is 0 Å². The second-order valence-electron chi connectivity index (χ2n) is 4.21. The highest BCUT2D eigenvalue weighted by Crippen LogP contribution is 2.29. The molecule has 1 N–H and O–H groups in total. The van der Waals surface area contributed by atoms with E-state index >= 15 is 0 Å². The number of benzene rings is 1. The van der Waals surface area contributed by atoms with E-state index in [9.17, 15) is 13.2 Å². The van der Waals surface area contributed by atoms with Crippen LogP contribution >= 0.6 is 22.6 Å². The fourth-order valence-corrected chi connectivity index (χ4v) is 2.30. The van der Waals surface area contributed by atoms with Crippen LogP contribution in [0.15, 0.2) is 24.3 Å². The first-order valence-corrected chi connectivity index (χ1v) is 6.88. The summed E-state index contributed by atoms with van der Waals surface area (Å²) >= 11 is 2.09. The number of hydrogen-bond donors (Lipinski definition) is 1. The van der Waals surface area contributed by atoms with Crippen molar-refractivity contribution >= 4 is 22.6 Å². The zero-order valence-electron chi connectivity index (χ0n) is 10.6. The third-order valence-electron chi connectivity index (χ3n) is 2.67. The second kappa shape index (κ2) is 6.08. The maximum absolute atomic E-state index is 12.6. The number of hydrogen-bond acceptors (Lipinski definition) is 3. The van der Waals surface area contributed by atoms with Crippen molar-refractivity contribution in [3.8, 4) is 0 Å². The Hall–Kier alpha value is -1.16. The van der Waals surface area contributed by atoms with Crippen molar-refractivity contribution < 1.29 is 13.2 Å². The van der Waals surface area contributed by atoms with E-state index < -0.39 is 11.7 Å². The summed E-state index contributed by atoms with van der Waals surface area (Å²) in [7, 11) is 1.79. The molecule has 1 aromatic carbocycles. The van der Waals surface area contributed by atoms with E-state index in [0.717, 1.165) is 21.5 Å². The predicted molar refractivity (Wildman–Crippen MR) is 76.0 cm³/mol. The van der Waals surface area contributed by atoms with Crippen LogP contribution in [0.3, 0.4) is 0 Å². The normalized spacial score (nSPS) is 11.8. The molecule has 0 aliphatic rings. The van der Waals surface area contributed by atoms with E-state index in [1.807, 2.05) is 0 Å². The lowest BCUT2D eigenvalue weighted by molar-refractivity contribution is -0.137. The molecule has 1 aromatic heterocycles. The maximum atomic E-state index is 12.6. The first-order chi connectivity index (χ1) is 9.41. The molecule has 0 amide bonds. The standard InChI is InChI=1S/C12H12F3IN4/c1-17-6-10-11(16)20(19-18-10)7-8-3-2-4-9(5-8)12(13,14)15/h2-5,17H,6-7H2,1H3. The molecule has 0 spiro atoms. The number of aromatic nitrogens is 3. The van der Waals surface area contributed by atoms with Gasteiger partial charge in [-0.2, -0.15) is 13.2 Å². The average molecular weight is 396 g/mol. The van der Waals surface area contributed by atoms with Crippen molar-refractivity contribution in [3.05, 3.63) is 44.8 Å². The van der Waals surface area contributed by atoms with Gasteiger partial charge < -0.3 is 5.32 Å². The smallest absolute Gasteiger partial charge is 0.314 e. The van der Waals surface area contributed by atoms with Gasteiger partial charge in [-0.15, -0.1) is 5.10 Å². The molecule has 0 radical (unpaired) electrons. The number of nitrogens with one attached hydrogen (secondary N) is 1. The third-order valence-corrected chi connectivity index (χ3v) is 3.85. The molecule has 2 rings (SSSR count). The Morgan fingerprint density at radius 1 is 1.35 bits per heavy atom. The van der Waals surface area contributed by atoms with Crippen LogP contribution in [0.4, 0.5) is 13.2 Å². The summed E-state index contributed by atoms with van der Waals surface area (Å²) in [5.41, 5.74) is 0.666. The van der Waals surface area contributed by atoms with Crippen molar-refractivity contribution in [2.24, 2.45) is 0 Å². The molecular formula is C12H12F3IN4. The highest BCUT2D eigenvalue weighted by atomic mass is 127. The number of alkyl halides is 3. The SMILES string of the molecule is CNCc1nnn(Cc2cccc(C(F)(F)F)c2)c1I. The van der Waals surface area contributed by atoms with Crippen LogP contribution in [-0.4, -0.2) is 22.0 Å². The second-order valence-corrected chi connectivity index (χ2v) is 5.23. The van der Waals surface area contributed by atoms with Crippen LogP contribution in [0.25, 0.3) is 0 Å². The van der Waals surface area contributed by atoms with E-state index in [0.29, 0.717) is 12.1 Å². The minimum Gasteiger partial charge on any atom is -0.314 e. The predicted octanol–water partition coefficient (Wildman–Crippen LogP) is 2.67. The number of halogens is 4. The van der Waals surface area contributed by atoms with E-state index in [4.69, 9.17) is 0 Å². The monoisotopic (exact) mass is 396 g/mol. The van der Waals surface area contributed by atoms with Crippen molar-refractivity contribution in [2.75, 3.05) is 7.05 Å². The minimum atomic E-state index is -4.33. The summed E-state index contributed by atoms with van der Waals surface area (Å²) < 4.78 is 40.3. The van der Waals surface area contributed by atoms with Crippen molar-refractivity contribution in [2.45, 2.75) is 19.3 Å². The summed E-state index contributed by atoms with van der Waals surface area (Å²) in [5, 5.41) is 10.9. The lowest BCUT2D eigenvalue weighted by Gasteiger charge is -2.09. The Morgan fingerprint density at radius 2 is 2.10 bits per heavy atom. The Labute approximate surface area is 127 Å². The van der Waals surface area contributed by atoms with Gasteiger partial charge in [0, 0.05) is 6.54 Å². The summed E-state index contributed by atoms with van der Waals surface area (Å²) in [6.07, 6.45) is -4.33. The van der Waals surface area contributed by atoms with Gasteiger partial charge in [0.05, 0.1) is 12.1 Å². The van der Waals surface area contributed by atoms with Crippen LogP contribution < -0.4 is 5.32 Å². The summed E-state index contributed by atoms with van der Waals surface area (Å²) in [4.78, 5) is 0. The molecule has 20 heavy (non-hydrogen) atoms. The van der Waals surface area contributed by atoms with Gasteiger partial charge in [0.25, 0.3) is 0 Å².